The van der Waals surface area contributed by atoms with Gasteiger partial charge < -0.3 is 4.98 Å². The lowest BCUT2D eigenvalue weighted by atomic mass is 10.1. The summed E-state index contributed by atoms with van der Waals surface area (Å²) in [5.41, 5.74) is 5.41. The van der Waals surface area contributed by atoms with Crippen LogP contribution < -0.4 is 4.72 Å². The number of sulfonamides is 1. The molecule has 0 spiro atoms. The number of benzene rings is 3. The standard InChI is InChI=1S/C27H29N3O2S/c1-17-9-11-18(12-10-17)21-16-22(21)26-28-23-14-13-19(15-24(23)29-26)20-7-5-6-8-25(20)33(31,32)30-27(2,3)4/h5-15,21-22,30H,16H2,1-4H3,(H,28,29). The number of nitrogens with zero attached hydrogens (tertiary/aromatic N) is 1. The Kier molecular flexibility index (Phi) is 5.18. The molecule has 4 aromatic rings. The molecule has 2 N–H and O–H groups in total. The number of rotatable bonds is 5. The van der Waals surface area contributed by atoms with E-state index in [4.69, 9.17) is 4.98 Å². The number of imidazole rings is 1. The predicted octanol–water partition coefficient (Wildman–Crippen LogP) is 5.89. The molecular formula is C27H29N3O2S. The molecule has 1 fully saturated rings. The Morgan fingerprint density at radius 1 is 0.970 bits per heavy atom. The second-order valence-corrected chi connectivity index (χ2v) is 11.7. The molecule has 1 aliphatic carbocycles. The van der Waals surface area contributed by atoms with E-state index in [1.807, 2.05) is 51.1 Å². The van der Waals surface area contributed by atoms with E-state index in [9.17, 15) is 8.42 Å². The smallest absolute Gasteiger partial charge is 0.241 e. The van der Waals surface area contributed by atoms with Crippen LogP contribution in [0.4, 0.5) is 0 Å². The minimum Gasteiger partial charge on any atom is -0.342 e. The predicted molar refractivity (Wildman–Crippen MR) is 133 cm³/mol. The van der Waals surface area contributed by atoms with Gasteiger partial charge in [-0.25, -0.2) is 18.1 Å². The van der Waals surface area contributed by atoms with Gasteiger partial charge in [0.1, 0.15) is 5.82 Å². The summed E-state index contributed by atoms with van der Waals surface area (Å²) < 4.78 is 28.9. The minimum atomic E-state index is -3.67. The third-order valence-corrected chi connectivity index (χ3v) is 7.89. The highest BCUT2D eigenvalue weighted by atomic mass is 32.2. The summed E-state index contributed by atoms with van der Waals surface area (Å²) in [6, 6.07) is 21.8. The number of H-pyrrole nitrogens is 1. The lowest BCUT2D eigenvalue weighted by Crippen LogP contribution is -2.40. The van der Waals surface area contributed by atoms with Crippen molar-refractivity contribution in [3.8, 4) is 11.1 Å². The normalized spacial score (nSPS) is 18.5. The average molecular weight is 460 g/mol. The molecule has 33 heavy (non-hydrogen) atoms. The number of nitrogens with one attached hydrogen (secondary N) is 2. The van der Waals surface area contributed by atoms with E-state index in [0.717, 1.165) is 28.8 Å². The van der Waals surface area contributed by atoms with Crippen LogP contribution in [0.15, 0.2) is 71.6 Å². The van der Waals surface area contributed by atoms with Crippen LogP contribution in [-0.2, 0) is 10.0 Å². The fourth-order valence-electron chi connectivity index (χ4n) is 4.45. The SMILES string of the molecule is Cc1ccc(C2CC2c2nc3ccc(-c4ccccc4S(=O)(=O)NC(C)(C)C)cc3[nH]2)cc1. The second-order valence-electron chi connectivity index (χ2n) is 10.1. The van der Waals surface area contributed by atoms with Gasteiger partial charge in [-0.1, -0.05) is 54.1 Å². The molecule has 0 aliphatic heterocycles. The number of hydrogen-bond acceptors (Lipinski definition) is 3. The van der Waals surface area contributed by atoms with Gasteiger partial charge in [-0.3, -0.25) is 0 Å². The van der Waals surface area contributed by atoms with Crippen molar-refractivity contribution in [3.05, 3.63) is 83.7 Å². The highest BCUT2D eigenvalue weighted by molar-refractivity contribution is 7.89. The van der Waals surface area contributed by atoms with E-state index >= 15 is 0 Å². The summed E-state index contributed by atoms with van der Waals surface area (Å²) in [7, 11) is -3.67. The average Bonchev–Trinajstić information content (AvgIpc) is 3.43. The lowest BCUT2D eigenvalue weighted by molar-refractivity contribution is 0.491. The molecule has 5 nitrogen and oxygen atoms in total. The summed E-state index contributed by atoms with van der Waals surface area (Å²) in [6.07, 6.45) is 1.09. The van der Waals surface area contributed by atoms with E-state index < -0.39 is 15.6 Å². The first kappa shape index (κ1) is 21.9. The van der Waals surface area contributed by atoms with Crippen molar-refractivity contribution in [2.75, 3.05) is 0 Å². The monoisotopic (exact) mass is 459 g/mol. The Balaban J connectivity index is 1.47. The maximum Gasteiger partial charge on any atom is 0.241 e. The number of hydrogen-bond donors (Lipinski definition) is 2. The van der Waals surface area contributed by atoms with Crippen LogP contribution in [0.2, 0.25) is 0 Å². The minimum absolute atomic E-state index is 0.278. The van der Waals surface area contributed by atoms with Crippen LogP contribution in [0, 0.1) is 6.92 Å². The number of aryl methyl sites for hydroxylation is 1. The molecule has 0 amide bonds. The maximum atomic E-state index is 13.1. The molecule has 1 aromatic heterocycles. The number of aromatic nitrogens is 2. The zero-order valence-corrected chi connectivity index (χ0v) is 20.2. The van der Waals surface area contributed by atoms with Crippen molar-refractivity contribution in [3.63, 3.8) is 0 Å². The van der Waals surface area contributed by atoms with Crippen molar-refractivity contribution in [1.82, 2.24) is 14.7 Å². The molecule has 0 radical (unpaired) electrons. The summed E-state index contributed by atoms with van der Waals surface area (Å²) in [5.74, 6) is 1.90. The van der Waals surface area contributed by atoms with E-state index in [1.165, 1.54) is 11.1 Å². The van der Waals surface area contributed by atoms with Crippen molar-refractivity contribution >= 4 is 21.1 Å². The van der Waals surface area contributed by atoms with E-state index in [-0.39, 0.29) is 4.90 Å². The lowest BCUT2D eigenvalue weighted by Gasteiger charge is -2.21. The first-order chi connectivity index (χ1) is 15.6. The molecular weight excluding hydrogens is 430 g/mol. The first-order valence-corrected chi connectivity index (χ1v) is 12.8. The quantitative estimate of drug-likeness (QED) is 0.391. The largest absolute Gasteiger partial charge is 0.342 e. The Bertz CT molecular complexity index is 1430. The highest BCUT2D eigenvalue weighted by Gasteiger charge is 2.41. The van der Waals surface area contributed by atoms with Gasteiger partial charge in [-0.15, -0.1) is 0 Å². The molecule has 6 heteroatoms. The molecule has 2 unspecified atom stereocenters. The van der Waals surface area contributed by atoms with Gasteiger partial charge in [0.2, 0.25) is 10.0 Å². The Morgan fingerprint density at radius 2 is 1.70 bits per heavy atom. The van der Waals surface area contributed by atoms with Crippen LogP contribution in [0.25, 0.3) is 22.2 Å². The zero-order chi connectivity index (χ0) is 23.4. The van der Waals surface area contributed by atoms with Crippen LogP contribution in [0.3, 0.4) is 0 Å². The van der Waals surface area contributed by atoms with E-state index in [2.05, 4.69) is 40.9 Å². The topological polar surface area (TPSA) is 74.8 Å². The van der Waals surface area contributed by atoms with Crippen LogP contribution >= 0.6 is 0 Å². The van der Waals surface area contributed by atoms with Crippen LogP contribution in [0.5, 0.6) is 0 Å². The van der Waals surface area contributed by atoms with Gasteiger partial charge in [0.05, 0.1) is 15.9 Å². The molecule has 2 atom stereocenters. The molecule has 1 aliphatic rings. The highest BCUT2D eigenvalue weighted by Crippen LogP contribution is 2.54. The molecule has 1 saturated carbocycles. The second kappa shape index (κ2) is 7.82. The van der Waals surface area contributed by atoms with Gasteiger partial charge in [0.25, 0.3) is 0 Å². The Labute approximate surface area is 195 Å². The van der Waals surface area contributed by atoms with Crippen LogP contribution in [-0.4, -0.2) is 23.9 Å². The van der Waals surface area contributed by atoms with Crippen molar-refractivity contribution < 1.29 is 8.42 Å². The Hall–Kier alpha value is -2.96. The van der Waals surface area contributed by atoms with Crippen molar-refractivity contribution in [2.45, 2.75) is 56.4 Å². The van der Waals surface area contributed by atoms with Crippen molar-refractivity contribution in [2.24, 2.45) is 0 Å². The van der Waals surface area contributed by atoms with Gasteiger partial charge in [0.15, 0.2) is 0 Å². The number of aromatic amines is 1. The Morgan fingerprint density at radius 3 is 2.42 bits per heavy atom. The van der Waals surface area contributed by atoms with Crippen LogP contribution in [0.1, 0.15) is 56.0 Å². The van der Waals surface area contributed by atoms with Gasteiger partial charge >= 0.3 is 0 Å². The molecule has 5 rings (SSSR count). The van der Waals surface area contributed by atoms with Gasteiger partial charge in [-0.2, -0.15) is 0 Å². The van der Waals surface area contributed by atoms with Gasteiger partial charge in [0, 0.05) is 17.0 Å². The van der Waals surface area contributed by atoms with Crippen molar-refractivity contribution in [1.29, 1.82) is 0 Å². The summed E-state index contributed by atoms with van der Waals surface area (Å²) in [4.78, 5) is 8.61. The molecule has 1 heterocycles. The number of fused-ring (bicyclic) bond motifs is 1. The van der Waals surface area contributed by atoms with E-state index in [0.29, 0.717) is 17.4 Å². The third kappa shape index (κ3) is 4.45. The zero-order valence-electron chi connectivity index (χ0n) is 19.4. The summed E-state index contributed by atoms with van der Waals surface area (Å²) in [6.45, 7) is 7.63. The fourth-order valence-corrected chi connectivity index (χ4v) is 6.10. The fraction of sp³-hybridized carbons (Fsp3) is 0.296. The summed E-state index contributed by atoms with van der Waals surface area (Å²) >= 11 is 0. The summed E-state index contributed by atoms with van der Waals surface area (Å²) in [5, 5.41) is 0. The third-order valence-electron chi connectivity index (χ3n) is 6.08. The molecule has 3 aromatic carbocycles. The maximum absolute atomic E-state index is 13.1. The molecule has 170 valence electrons. The van der Waals surface area contributed by atoms with Gasteiger partial charge in [-0.05, 0) is 69.4 Å². The van der Waals surface area contributed by atoms with E-state index in [1.54, 1.807) is 12.1 Å². The molecule has 0 saturated heterocycles. The first-order valence-electron chi connectivity index (χ1n) is 11.3. The molecule has 0 bridgehead atoms.